The van der Waals surface area contributed by atoms with Crippen molar-refractivity contribution >= 4 is 11.9 Å². The van der Waals surface area contributed by atoms with Gasteiger partial charge in [0.15, 0.2) is 5.41 Å². The van der Waals surface area contributed by atoms with E-state index in [2.05, 4.69) is 4.74 Å². The number of ether oxygens (including phenoxy) is 2. The van der Waals surface area contributed by atoms with Crippen LogP contribution < -0.4 is 0 Å². The van der Waals surface area contributed by atoms with Crippen molar-refractivity contribution in [3.8, 4) is 0 Å². The highest BCUT2D eigenvalue weighted by Gasteiger charge is 2.69. The molecule has 0 aromatic rings. The highest BCUT2D eigenvalue weighted by molar-refractivity contribution is 6.15. The highest BCUT2D eigenvalue weighted by atomic mass is 16.6. The Labute approximate surface area is 68.1 Å². The zero-order valence-corrected chi connectivity index (χ0v) is 6.15. The monoisotopic (exact) mass is 166 g/mol. The van der Waals surface area contributed by atoms with Crippen molar-refractivity contribution in [2.24, 2.45) is 5.41 Å². The molecule has 4 heteroatoms. The van der Waals surface area contributed by atoms with Gasteiger partial charge in [0.1, 0.15) is 6.10 Å². The van der Waals surface area contributed by atoms with E-state index in [0.717, 1.165) is 0 Å². The van der Waals surface area contributed by atoms with Gasteiger partial charge in [-0.1, -0.05) is 12.2 Å². The van der Waals surface area contributed by atoms with Gasteiger partial charge >= 0.3 is 11.9 Å². The van der Waals surface area contributed by atoms with E-state index in [1.165, 1.54) is 0 Å². The molecular weight excluding hydrogens is 160 g/mol. The standard InChI is InChI=1S/C8H6O4/c9-6-8(7(10)12-6)3-4-1-2-5(8)11-4/h1-2,4-5H,3H2. The van der Waals surface area contributed by atoms with Crippen molar-refractivity contribution in [2.75, 3.05) is 0 Å². The molecule has 0 aromatic carbocycles. The van der Waals surface area contributed by atoms with Crippen molar-refractivity contribution in [3.63, 3.8) is 0 Å². The Bertz CT molecular complexity index is 303. The first-order valence-electron chi connectivity index (χ1n) is 3.84. The maximum absolute atomic E-state index is 11.1. The number of rotatable bonds is 0. The predicted molar refractivity (Wildman–Crippen MR) is 36.0 cm³/mol. The fourth-order valence-electron chi connectivity index (χ4n) is 2.04. The SMILES string of the molecule is O=C1OC(=O)C12CC1C=CC2O1. The number of cyclic esters (lactones) is 2. The number of esters is 2. The highest BCUT2D eigenvalue weighted by Crippen LogP contribution is 2.50. The summed E-state index contributed by atoms with van der Waals surface area (Å²) in [7, 11) is 0. The number of hydrogen-bond donors (Lipinski definition) is 0. The van der Waals surface area contributed by atoms with Gasteiger partial charge in [0.05, 0.1) is 6.10 Å². The van der Waals surface area contributed by atoms with E-state index in [9.17, 15) is 9.59 Å². The van der Waals surface area contributed by atoms with Gasteiger partial charge in [0, 0.05) is 6.42 Å². The quantitative estimate of drug-likeness (QED) is 0.283. The lowest BCUT2D eigenvalue weighted by Crippen LogP contribution is -2.57. The zero-order chi connectivity index (χ0) is 8.34. The molecule has 0 aromatic heterocycles. The topological polar surface area (TPSA) is 52.6 Å². The number of carbonyl (C=O) groups is 2. The lowest BCUT2D eigenvalue weighted by molar-refractivity contribution is -0.199. The molecule has 2 fully saturated rings. The first kappa shape index (κ1) is 6.37. The molecule has 3 aliphatic rings. The molecule has 0 N–H and O–H groups in total. The van der Waals surface area contributed by atoms with Crippen LogP contribution in [0, 0.1) is 5.41 Å². The Balaban J connectivity index is 2.08. The van der Waals surface area contributed by atoms with E-state index < -0.39 is 17.4 Å². The smallest absolute Gasteiger partial charge is 0.334 e. The van der Waals surface area contributed by atoms with Crippen molar-refractivity contribution in [1.29, 1.82) is 0 Å². The van der Waals surface area contributed by atoms with E-state index in [-0.39, 0.29) is 12.2 Å². The minimum Gasteiger partial charge on any atom is -0.391 e. The maximum atomic E-state index is 11.1. The molecule has 4 nitrogen and oxygen atoms in total. The maximum Gasteiger partial charge on any atom is 0.334 e. The van der Waals surface area contributed by atoms with Crippen molar-refractivity contribution < 1.29 is 19.1 Å². The average molecular weight is 166 g/mol. The minimum atomic E-state index is -0.959. The predicted octanol–water partition coefficient (Wildman–Crippen LogP) is -0.217. The van der Waals surface area contributed by atoms with Crippen LogP contribution in [0.15, 0.2) is 12.2 Å². The lowest BCUT2D eigenvalue weighted by atomic mass is 9.74. The van der Waals surface area contributed by atoms with Crippen molar-refractivity contribution in [1.82, 2.24) is 0 Å². The van der Waals surface area contributed by atoms with Crippen LogP contribution in [0.3, 0.4) is 0 Å². The molecule has 0 amide bonds. The summed E-state index contributed by atoms with van der Waals surface area (Å²) in [5.41, 5.74) is -0.959. The normalized spacial score (nSPS) is 40.3. The van der Waals surface area contributed by atoms with Crippen LogP contribution in [0.2, 0.25) is 0 Å². The second-order valence-corrected chi connectivity index (χ2v) is 3.33. The number of hydrogen-bond acceptors (Lipinski definition) is 4. The van der Waals surface area contributed by atoms with Gasteiger partial charge in [-0.2, -0.15) is 0 Å². The Morgan fingerprint density at radius 1 is 1.33 bits per heavy atom. The van der Waals surface area contributed by atoms with Crippen LogP contribution in [0.25, 0.3) is 0 Å². The van der Waals surface area contributed by atoms with E-state index >= 15 is 0 Å². The summed E-state index contributed by atoms with van der Waals surface area (Å²) in [5, 5.41) is 0. The molecule has 2 atom stereocenters. The molecule has 3 heterocycles. The van der Waals surface area contributed by atoms with E-state index in [1.54, 1.807) is 6.08 Å². The fraction of sp³-hybridized carbons (Fsp3) is 0.500. The van der Waals surface area contributed by atoms with Crippen LogP contribution in [-0.2, 0) is 19.1 Å². The molecule has 0 radical (unpaired) electrons. The summed E-state index contributed by atoms with van der Waals surface area (Å²) in [4.78, 5) is 22.2. The molecule has 62 valence electrons. The third-order valence-electron chi connectivity index (χ3n) is 2.74. The first-order valence-corrected chi connectivity index (χ1v) is 3.84. The van der Waals surface area contributed by atoms with Gasteiger partial charge < -0.3 is 9.47 Å². The Kier molecular flexibility index (Phi) is 0.855. The van der Waals surface area contributed by atoms with E-state index in [0.29, 0.717) is 6.42 Å². The minimum absolute atomic E-state index is 0.0631. The summed E-state index contributed by atoms with van der Waals surface area (Å²) in [5.74, 6) is -0.853. The van der Waals surface area contributed by atoms with Gasteiger partial charge in [0.25, 0.3) is 0 Å². The van der Waals surface area contributed by atoms with E-state index in [1.807, 2.05) is 6.08 Å². The van der Waals surface area contributed by atoms with Gasteiger partial charge in [0.2, 0.25) is 0 Å². The zero-order valence-electron chi connectivity index (χ0n) is 6.15. The van der Waals surface area contributed by atoms with Gasteiger partial charge in [-0.05, 0) is 0 Å². The Morgan fingerprint density at radius 2 is 2.08 bits per heavy atom. The summed E-state index contributed by atoms with van der Waals surface area (Å²) < 4.78 is 9.68. The third kappa shape index (κ3) is 0.448. The molecule has 0 aliphatic carbocycles. The second-order valence-electron chi connectivity index (χ2n) is 3.33. The Morgan fingerprint density at radius 3 is 2.42 bits per heavy atom. The van der Waals surface area contributed by atoms with Crippen molar-refractivity contribution in [2.45, 2.75) is 18.6 Å². The first-order chi connectivity index (χ1) is 5.73. The summed E-state index contributed by atoms with van der Waals surface area (Å²) in [6.07, 6.45) is 3.69. The molecular formula is C8H6O4. The fourth-order valence-corrected chi connectivity index (χ4v) is 2.04. The molecule has 1 spiro atoms. The lowest BCUT2D eigenvalue weighted by Gasteiger charge is -2.35. The summed E-state index contributed by atoms with van der Waals surface area (Å²) in [6, 6.07) is 0. The van der Waals surface area contributed by atoms with Crippen LogP contribution in [0.5, 0.6) is 0 Å². The third-order valence-corrected chi connectivity index (χ3v) is 2.74. The second kappa shape index (κ2) is 1.61. The molecule has 2 bridgehead atoms. The average Bonchev–Trinajstić information content (AvgIpc) is 2.63. The van der Waals surface area contributed by atoms with Crippen LogP contribution in [0.4, 0.5) is 0 Å². The molecule has 0 saturated carbocycles. The number of carbonyl (C=O) groups excluding carboxylic acids is 2. The molecule has 2 saturated heterocycles. The molecule has 3 rings (SSSR count). The Hall–Kier alpha value is -1.16. The molecule has 12 heavy (non-hydrogen) atoms. The summed E-state index contributed by atoms with van der Waals surface area (Å²) in [6.45, 7) is 0. The van der Waals surface area contributed by atoms with Gasteiger partial charge in [-0.3, -0.25) is 9.59 Å². The summed E-state index contributed by atoms with van der Waals surface area (Å²) >= 11 is 0. The van der Waals surface area contributed by atoms with Crippen LogP contribution in [-0.4, -0.2) is 24.1 Å². The molecule has 3 aliphatic heterocycles. The molecule has 2 unspecified atom stereocenters. The van der Waals surface area contributed by atoms with Crippen molar-refractivity contribution in [3.05, 3.63) is 12.2 Å². The van der Waals surface area contributed by atoms with Gasteiger partial charge in [-0.15, -0.1) is 0 Å². The van der Waals surface area contributed by atoms with E-state index in [4.69, 9.17) is 4.74 Å². The number of fused-ring (bicyclic) bond motifs is 3. The van der Waals surface area contributed by atoms with Crippen LogP contribution >= 0.6 is 0 Å². The largest absolute Gasteiger partial charge is 0.391 e. The van der Waals surface area contributed by atoms with Crippen LogP contribution in [0.1, 0.15) is 6.42 Å². The van der Waals surface area contributed by atoms with Gasteiger partial charge in [-0.25, -0.2) is 0 Å².